The second kappa shape index (κ2) is 7.89. The van der Waals surface area contributed by atoms with Crippen molar-refractivity contribution in [2.45, 2.75) is 19.4 Å². The van der Waals surface area contributed by atoms with E-state index in [-0.39, 0.29) is 18.4 Å². The number of H-pyrrole nitrogens is 1. The summed E-state index contributed by atoms with van der Waals surface area (Å²) < 4.78 is 5.26. The van der Waals surface area contributed by atoms with Crippen LogP contribution in [-0.2, 0) is 11.3 Å². The molecule has 2 heterocycles. The van der Waals surface area contributed by atoms with Crippen LogP contribution in [0.25, 0.3) is 33.2 Å². The number of hydrogen-bond acceptors (Lipinski definition) is 4. The lowest BCUT2D eigenvalue weighted by Gasteiger charge is -2.11. The summed E-state index contributed by atoms with van der Waals surface area (Å²) in [6.45, 7) is 2.05. The van der Waals surface area contributed by atoms with Gasteiger partial charge in [0.25, 0.3) is 0 Å². The van der Waals surface area contributed by atoms with E-state index in [1.807, 2.05) is 73.7 Å². The molecule has 0 spiro atoms. The standard InChI is InChI=1S/C24H19ClN4O2/c1-14(16-7-9-18-19-12-17(25)8-10-20(19)27-21(18)11-16)24(30)26-13-22-28-23(29-31-22)15-5-3-2-4-6-15/h2-12,14,27H,13H2,1H3,(H,26,30)/t14-/m0/s1. The van der Waals surface area contributed by atoms with Crippen molar-refractivity contribution in [3.8, 4) is 11.4 Å². The molecule has 0 saturated heterocycles. The molecule has 31 heavy (non-hydrogen) atoms. The van der Waals surface area contributed by atoms with Crippen molar-refractivity contribution in [1.29, 1.82) is 0 Å². The molecule has 0 aliphatic heterocycles. The van der Waals surface area contributed by atoms with Gasteiger partial charge in [0.2, 0.25) is 17.6 Å². The van der Waals surface area contributed by atoms with Crippen LogP contribution in [0.5, 0.6) is 0 Å². The zero-order chi connectivity index (χ0) is 21.4. The van der Waals surface area contributed by atoms with Gasteiger partial charge in [-0.1, -0.05) is 59.2 Å². The Hall–Kier alpha value is -3.64. The fourth-order valence-corrected chi connectivity index (χ4v) is 3.83. The molecule has 7 heteroatoms. The van der Waals surface area contributed by atoms with E-state index in [1.165, 1.54) is 0 Å². The monoisotopic (exact) mass is 430 g/mol. The molecule has 0 unspecified atom stereocenters. The van der Waals surface area contributed by atoms with Crippen LogP contribution in [0, 0.1) is 0 Å². The van der Waals surface area contributed by atoms with E-state index in [4.69, 9.17) is 16.1 Å². The quantitative estimate of drug-likeness (QED) is 0.388. The summed E-state index contributed by atoms with van der Waals surface area (Å²) in [4.78, 5) is 20.5. The summed E-state index contributed by atoms with van der Waals surface area (Å²) in [5.74, 6) is 0.415. The predicted molar refractivity (Wildman–Crippen MR) is 121 cm³/mol. The number of carbonyl (C=O) groups excluding carboxylic acids is 1. The van der Waals surface area contributed by atoms with Gasteiger partial charge in [-0.15, -0.1) is 0 Å². The van der Waals surface area contributed by atoms with E-state index < -0.39 is 0 Å². The van der Waals surface area contributed by atoms with Gasteiger partial charge in [0.05, 0.1) is 12.5 Å². The Morgan fingerprint density at radius 3 is 2.74 bits per heavy atom. The number of aromatic nitrogens is 3. The second-order valence-electron chi connectivity index (χ2n) is 7.44. The lowest BCUT2D eigenvalue weighted by molar-refractivity contribution is -0.122. The zero-order valence-electron chi connectivity index (χ0n) is 16.7. The van der Waals surface area contributed by atoms with Crippen molar-refractivity contribution in [2.75, 3.05) is 0 Å². The number of nitrogens with one attached hydrogen (secondary N) is 2. The van der Waals surface area contributed by atoms with Crippen LogP contribution in [-0.4, -0.2) is 21.0 Å². The maximum atomic E-state index is 12.7. The molecule has 1 atom stereocenters. The highest BCUT2D eigenvalue weighted by Gasteiger charge is 2.18. The Kier molecular flexibility index (Phi) is 4.92. The smallest absolute Gasteiger partial charge is 0.246 e. The van der Waals surface area contributed by atoms with E-state index in [0.717, 1.165) is 32.9 Å². The Balaban J connectivity index is 1.30. The number of benzene rings is 3. The minimum atomic E-state index is -0.337. The maximum Gasteiger partial charge on any atom is 0.246 e. The molecule has 5 rings (SSSR count). The summed E-state index contributed by atoms with van der Waals surface area (Å²) >= 11 is 6.14. The lowest BCUT2D eigenvalue weighted by atomic mass is 9.98. The van der Waals surface area contributed by atoms with Crippen molar-refractivity contribution in [3.05, 3.63) is 83.2 Å². The molecule has 0 aliphatic rings. The highest BCUT2D eigenvalue weighted by molar-refractivity contribution is 6.31. The summed E-state index contributed by atoms with van der Waals surface area (Å²) in [5.41, 5.74) is 3.77. The van der Waals surface area contributed by atoms with Gasteiger partial charge in [0.1, 0.15) is 0 Å². The molecular weight excluding hydrogens is 412 g/mol. The van der Waals surface area contributed by atoms with Gasteiger partial charge >= 0.3 is 0 Å². The van der Waals surface area contributed by atoms with Gasteiger partial charge in [-0.25, -0.2) is 0 Å². The first kappa shape index (κ1) is 19.3. The van der Waals surface area contributed by atoms with Gasteiger partial charge < -0.3 is 14.8 Å². The van der Waals surface area contributed by atoms with Crippen LogP contribution in [0.4, 0.5) is 0 Å². The molecule has 0 bridgehead atoms. The molecule has 0 radical (unpaired) electrons. The fourth-order valence-electron chi connectivity index (χ4n) is 3.66. The Bertz CT molecular complexity index is 1390. The van der Waals surface area contributed by atoms with Gasteiger partial charge in [0.15, 0.2) is 0 Å². The lowest BCUT2D eigenvalue weighted by Crippen LogP contribution is -2.27. The Morgan fingerprint density at radius 1 is 1.06 bits per heavy atom. The summed E-state index contributed by atoms with van der Waals surface area (Å²) in [6, 6.07) is 21.3. The summed E-state index contributed by atoms with van der Waals surface area (Å²) in [6.07, 6.45) is 0. The van der Waals surface area contributed by atoms with Gasteiger partial charge in [-0.05, 0) is 36.8 Å². The number of carbonyl (C=O) groups is 1. The summed E-state index contributed by atoms with van der Waals surface area (Å²) in [5, 5.41) is 9.70. The Labute approximate surface area is 183 Å². The second-order valence-corrected chi connectivity index (χ2v) is 7.87. The molecule has 1 amide bonds. The number of nitrogens with zero attached hydrogens (tertiary/aromatic N) is 2. The van der Waals surface area contributed by atoms with E-state index in [0.29, 0.717) is 16.7 Å². The molecule has 154 valence electrons. The number of halogens is 1. The van der Waals surface area contributed by atoms with Crippen LogP contribution in [0.1, 0.15) is 24.3 Å². The average molecular weight is 431 g/mol. The molecule has 2 aromatic heterocycles. The highest BCUT2D eigenvalue weighted by Crippen LogP contribution is 2.30. The van der Waals surface area contributed by atoms with E-state index in [9.17, 15) is 4.79 Å². The summed E-state index contributed by atoms with van der Waals surface area (Å²) in [7, 11) is 0. The minimum Gasteiger partial charge on any atom is -0.355 e. The van der Waals surface area contributed by atoms with Crippen LogP contribution in [0.2, 0.25) is 5.02 Å². The first-order chi connectivity index (χ1) is 15.1. The van der Waals surface area contributed by atoms with Gasteiger partial charge in [0, 0.05) is 32.4 Å². The number of rotatable bonds is 5. The minimum absolute atomic E-state index is 0.113. The molecule has 5 aromatic rings. The third-order valence-electron chi connectivity index (χ3n) is 5.39. The van der Waals surface area contributed by atoms with Crippen molar-refractivity contribution in [2.24, 2.45) is 0 Å². The molecular formula is C24H19ClN4O2. The van der Waals surface area contributed by atoms with Crippen molar-refractivity contribution in [1.82, 2.24) is 20.4 Å². The first-order valence-electron chi connectivity index (χ1n) is 9.95. The highest BCUT2D eigenvalue weighted by atomic mass is 35.5. The first-order valence-corrected chi connectivity index (χ1v) is 10.3. The molecule has 0 fully saturated rings. The topological polar surface area (TPSA) is 83.8 Å². The molecule has 3 aromatic carbocycles. The van der Waals surface area contributed by atoms with Gasteiger partial charge in [-0.2, -0.15) is 4.98 Å². The average Bonchev–Trinajstić information content (AvgIpc) is 3.41. The van der Waals surface area contributed by atoms with Crippen LogP contribution < -0.4 is 5.32 Å². The van der Waals surface area contributed by atoms with Crippen molar-refractivity contribution < 1.29 is 9.32 Å². The van der Waals surface area contributed by atoms with E-state index in [2.05, 4.69) is 20.4 Å². The zero-order valence-corrected chi connectivity index (χ0v) is 17.5. The number of aromatic amines is 1. The number of hydrogen-bond donors (Lipinski definition) is 2. The molecule has 6 nitrogen and oxygen atoms in total. The molecule has 2 N–H and O–H groups in total. The maximum absolute atomic E-state index is 12.7. The Morgan fingerprint density at radius 2 is 1.90 bits per heavy atom. The van der Waals surface area contributed by atoms with Crippen molar-refractivity contribution >= 4 is 39.3 Å². The van der Waals surface area contributed by atoms with Crippen LogP contribution in [0.3, 0.4) is 0 Å². The fraction of sp³-hybridized carbons (Fsp3) is 0.125. The number of fused-ring (bicyclic) bond motifs is 3. The predicted octanol–water partition coefficient (Wildman–Crippen LogP) is 5.44. The van der Waals surface area contributed by atoms with Crippen LogP contribution >= 0.6 is 11.6 Å². The van der Waals surface area contributed by atoms with Gasteiger partial charge in [-0.3, -0.25) is 4.79 Å². The van der Waals surface area contributed by atoms with E-state index in [1.54, 1.807) is 0 Å². The normalized spacial score (nSPS) is 12.3. The molecule has 0 saturated carbocycles. The number of amides is 1. The SMILES string of the molecule is C[C@H](C(=O)NCc1nc(-c2ccccc2)no1)c1ccc2c(c1)[nH]c1ccc(Cl)cc12. The largest absolute Gasteiger partial charge is 0.355 e. The van der Waals surface area contributed by atoms with Crippen molar-refractivity contribution in [3.63, 3.8) is 0 Å². The van der Waals surface area contributed by atoms with E-state index >= 15 is 0 Å². The molecule has 0 aliphatic carbocycles. The van der Waals surface area contributed by atoms with Crippen LogP contribution in [0.15, 0.2) is 71.3 Å². The third kappa shape index (κ3) is 3.78. The third-order valence-corrected chi connectivity index (χ3v) is 5.63.